The summed E-state index contributed by atoms with van der Waals surface area (Å²) in [6.07, 6.45) is 0. The molecule has 1 aromatic carbocycles. The molecule has 0 aliphatic rings. The summed E-state index contributed by atoms with van der Waals surface area (Å²) >= 11 is 0. The van der Waals surface area contributed by atoms with Gasteiger partial charge in [0.25, 0.3) is 0 Å². The molecule has 0 saturated heterocycles. The van der Waals surface area contributed by atoms with E-state index < -0.39 is 6.04 Å². The summed E-state index contributed by atoms with van der Waals surface area (Å²) in [5, 5.41) is 0. The second kappa shape index (κ2) is 6.66. The highest BCUT2D eigenvalue weighted by atomic mass is 19.1. The molecule has 1 rings (SSSR count). The van der Waals surface area contributed by atoms with Crippen LogP contribution in [0.2, 0.25) is 0 Å². The molecular formula is C15H23FN2O. The number of benzene rings is 1. The van der Waals surface area contributed by atoms with E-state index in [1.165, 1.54) is 12.1 Å². The first kappa shape index (κ1) is 15.6. The minimum absolute atomic E-state index is 0.0577. The van der Waals surface area contributed by atoms with Gasteiger partial charge in [0.05, 0.1) is 6.04 Å². The number of nitrogens with two attached hydrogens (primary N) is 1. The highest BCUT2D eigenvalue weighted by molar-refractivity contribution is 5.82. The van der Waals surface area contributed by atoms with Gasteiger partial charge in [-0.1, -0.05) is 26.0 Å². The zero-order valence-electron chi connectivity index (χ0n) is 12.1. The fourth-order valence-corrected chi connectivity index (χ4v) is 1.78. The molecule has 0 bridgehead atoms. The number of amides is 1. The van der Waals surface area contributed by atoms with E-state index in [4.69, 9.17) is 5.73 Å². The van der Waals surface area contributed by atoms with E-state index in [1.807, 2.05) is 27.7 Å². The molecule has 0 heterocycles. The Hall–Kier alpha value is -1.42. The molecule has 1 atom stereocenters. The standard InChI is InChI=1S/C15H23FN2O/c1-10(2)14(17)15(19)18(11(3)4)9-12-5-7-13(16)8-6-12/h5-8,10-11,14H,9,17H2,1-4H3. The lowest BCUT2D eigenvalue weighted by Gasteiger charge is -2.30. The molecule has 0 aliphatic carbocycles. The third-order valence-electron chi connectivity index (χ3n) is 3.18. The monoisotopic (exact) mass is 266 g/mol. The third-order valence-corrected chi connectivity index (χ3v) is 3.18. The Bertz CT molecular complexity index is 415. The average molecular weight is 266 g/mol. The molecule has 0 fully saturated rings. The van der Waals surface area contributed by atoms with Crippen molar-refractivity contribution < 1.29 is 9.18 Å². The van der Waals surface area contributed by atoms with E-state index in [0.29, 0.717) is 6.54 Å². The van der Waals surface area contributed by atoms with E-state index in [9.17, 15) is 9.18 Å². The van der Waals surface area contributed by atoms with Gasteiger partial charge in [-0.25, -0.2) is 4.39 Å². The Morgan fingerprint density at radius 1 is 1.21 bits per heavy atom. The van der Waals surface area contributed by atoms with Crippen LogP contribution in [-0.4, -0.2) is 22.9 Å². The van der Waals surface area contributed by atoms with Crippen molar-refractivity contribution in [2.45, 2.75) is 46.3 Å². The number of rotatable bonds is 5. The highest BCUT2D eigenvalue weighted by Crippen LogP contribution is 2.13. The van der Waals surface area contributed by atoms with Gasteiger partial charge >= 0.3 is 0 Å². The first-order valence-corrected chi connectivity index (χ1v) is 6.63. The van der Waals surface area contributed by atoms with Crippen LogP contribution >= 0.6 is 0 Å². The highest BCUT2D eigenvalue weighted by Gasteiger charge is 2.25. The lowest BCUT2D eigenvalue weighted by atomic mass is 10.0. The molecule has 0 aromatic heterocycles. The van der Waals surface area contributed by atoms with Crippen molar-refractivity contribution in [1.82, 2.24) is 4.90 Å². The summed E-state index contributed by atoms with van der Waals surface area (Å²) in [5.74, 6) is -0.235. The number of carbonyl (C=O) groups is 1. The first-order chi connectivity index (χ1) is 8.82. The normalized spacial score (nSPS) is 12.8. The van der Waals surface area contributed by atoms with Gasteiger partial charge in [-0.05, 0) is 37.5 Å². The van der Waals surface area contributed by atoms with E-state index in [1.54, 1.807) is 17.0 Å². The Labute approximate surface area is 114 Å². The average Bonchev–Trinajstić information content (AvgIpc) is 2.35. The van der Waals surface area contributed by atoms with Crippen molar-refractivity contribution in [1.29, 1.82) is 0 Å². The smallest absolute Gasteiger partial charge is 0.240 e. The summed E-state index contributed by atoms with van der Waals surface area (Å²) < 4.78 is 12.9. The van der Waals surface area contributed by atoms with Gasteiger partial charge in [-0.2, -0.15) is 0 Å². The Balaban J connectivity index is 2.84. The van der Waals surface area contributed by atoms with Crippen molar-refractivity contribution in [3.63, 3.8) is 0 Å². The van der Waals surface area contributed by atoms with Crippen LogP contribution in [0.3, 0.4) is 0 Å². The molecule has 1 aromatic rings. The number of hydrogen-bond acceptors (Lipinski definition) is 2. The molecule has 1 amide bonds. The molecule has 0 saturated carbocycles. The van der Waals surface area contributed by atoms with Crippen LogP contribution in [0.1, 0.15) is 33.3 Å². The van der Waals surface area contributed by atoms with Gasteiger partial charge < -0.3 is 10.6 Å². The molecule has 0 spiro atoms. The van der Waals surface area contributed by atoms with Gasteiger partial charge in [0.2, 0.25) is 5.91 Å². The fraction of sp³-hybridized carbons (Fsp3) is 0.533. The van der Waals surface area contributed by atoms with Crippen molar-refractivity contribution in [2.24, 2.45) is 11.7 Å². The third kappa shape index (κ3) is 4.31. The Morgan fingerprint density at radius 2 is 1.74 bits per heavy atom. The maximum absolute atomic E-state index is 12.9. The SMILES string of the molecule is CC(C)C(N)C(=O)N(Cc1ccc(F)cc1)C(C)C. The predicted octanol–water partition coefficient (Wildman–Crippen LogP) is 2.55. The van der Waals surface area contributed by atoms with Crippen molar-refractivity contribution in [3.8, 4) is 0 Å². The quantitative estimate of drug-likeness (QED) is 0.890. The summed E-state index contributed by atoms with van der Waals surface area (Å²) in [4.78, 5) is 14.1. The largest absolute Gasteiger partial charge is 0.335 e. The van der Waals surface area contributed by atoms with Crippen LogP contribution in [0.5, 0.6) is 0 Å². The molecule has 3 nitrogen and oxygen atoms in total. The minimum atomic E-state index is -0.497. The van der Waals surface area contributed by atoms with Crippen LogP contribution in [-0.2, 0) is 11.3 Å². The molecule has 0 radical (unpaired) electrons. The lowest BCUT2D eigenvalue weighted by Crippen LogP contribution is -2.48. The van der Waals surface area contributed by atoms with Gasteiger partial charge in [-0.15, -0.1) is 0 Å². The molecule has 106 valence electrons. The van der Waals surface area contributed by atoms with Gasteiger partial charge in [-0.3, -0.25) is 4.79 Å². The minimum Gasteiger partial charge on any atom is -0.335 e. The van der Waals surface area contributed by atoms with Crippen molar-refractivity contribution in [2.75, 3.05) is 0 Å². The summed E-state index contributed by atoms with van der Waals surface area (Å²) in [6, 6.07) is 5.75. The van der Waals surface area contributed by atoms with E-state index >= 15 is 0 Å². The second-order valence-corrected chi connectivity index (χ2v) is 5.46. The second-order valence-electron chi connectivity index (χ2n) is 5.46. The Kier molecular flexibility index (Phi) is 5.48. The van der Waals surface area contributed by atoms with E-state index in [0.717, 1.165) is 5.56 Å². The number of halogens is 1. The molecule has 1 unspecified atom stereocenters. The van der Waals surface area contributed by atoms with E-state index in [2.05, 4.69) is 0 Å². The Morgan fingerprint density at radius 3 is 2.16 bits per heavy atom. The first-order valence-electron chi connectivity index (χ1n) is 6.63. The van der Waals surface area contributed by atoms with Crippen molar-refractivity contribution in [3.05, 3.63) is 35.6 Å². The molecule has 4 heteroatoms. The van der Waals surface area contributed by atoms with Crippen LogP contribution in [0.15, 0.2) is 24.3 Å². The lowest BCUT2D eigenvalue weighted by molar-refractivity contribution is -0.136. The van der Waals surface area contributed by atoms with Crippen LogP contribution in [0.4, 0.5) is 4.39 Å². The van der Waals surface area contributed by atoms with Crippen LogP contribution in [0, 0.1) is 11.7 Å². The molecule has 19 heavy (non-hydrogen) atoms. The number of hydrogen-bond donors (Lipinski definition) is 1. The zero-order valence-corrected chi connectivity index (χ0v) is 12.1. The van der Waals surface area contributed by atoms with Gasteiger partial charge in [0.1, 0.15) is 5.82 Å². The topological polar surface area (TPSA) is 46.3 Å². The van der Waals surface area contributed by atoms with E-state index in [-0.39, 0.29) is 23.7 Å². The number of nitrogens with zero attached hydrogens (tertiary/aromatic N) is 1. The molecular weight excluding hydrogens is 243 g/mol. The molecule has 0 aliphatic heterocycles. The maximum atomic E-state index is 12.9. The maximum Gasteiger partial charge on any atom is 0.240 e. The predicted molar refractivity (Wildman–Crippen MR) is 74.9 cm³/mol. The van der Waals surface area contributed by atoms with Crippen LogP contribution in [0.25, 0.3) is 0 Å². The summed E-state index contributed by atoms with van der Waals surface area (Å²) in [6.45, 7) is 8.22. The summed E-state index contributed by atoms with van der Waals surface area (Å²) in [7, 11) is 0. The molecule has 2 N–H and O–H groups in total. The van der Waals surface area contributed by atoms with Gasteiger partial charge in [0.15, 0.2) is 0 Å². The fourth-order valence-electron chi connectivity index (χ4n) is 1.78. The zero-order chi connectivity index (χ0) is 14.6. The number of carbonyl (C=O) groups excluding carboxylic acids is 1. The van der Waals surface area contributed by atoms with Crippen molar-refractivity contribution >= 4 is 5.91 Å². The summed E-state index contributed by atoms with van der Waals surface area (Å²) in [5.41, 5.74) is 6.83. The van der Waals surface area contributed by atoms with Crippen LogP contribution < -0.4 is 5.73 Å². The van der Waals surface area contributed by atoms with Gasteiger partial charge in [0, 0.05) is 12.6 Å².